The molecule has 0 aliphatic carbocycles. The summed E-state index contributed by atoms with van der Waals surface area (Å²) in [4.78, 5) is 9.92. The molecule has 28 heavy (non-hydrogen) atoms. The molecule has 0 fully saturated rings. The van der Waals surface area contributed by atoms with Crippen molar-refractivity contribution in [3.63, 3.8) is 0 Å². The first-order valence-electron chi connectivity index (χ1n) is 8.92. The van der Waals surface area contributed by atoms with Gasteiger partial charge in [-0.05, 0) is 0 Å². The molecule has 0 radical (unpaired) electrons. The van der Waals surface area contributed by atoms with Gasteiger partial charge in [0.25, 0.3) is 0 Å². The summed E-state index contributed by atoms with van der Waals surface area (Å²) in [5.41, 5.74) is 2.05. The molecule has 6 rings (SSSR count). The van der Waals surface area contributed by atoms with Crippen molar-refractivity contribution in [1.82, 2.24) is 0 Å². The van der Waals surface area contributed by atoms with Crippen LogP contribution in [0.25, 0.3) is 10.8 Å². The zero-order valence-electron chi connectivity index (χ0n) is 15.1. The molecule has 0 bridgehead atoms. The summed E-state index contributed by atoms with van der Waals surface area (Å²) in [6, 6.07) is 16.8. The van der Waals surface area contributed by atoms with Crippen LogP contribution in [0.1, 0.15) is 23.0 Å². The number of aliphatic imine (C=N–C) groups is 2. The van der Waals surface area contributed by atoms with E-state index in [4.69, 9.17) is 18.8 Å². The van der Waals surface area contributed by atoms with Crippen LogP contribution in [0.4, 0.5) is 11.4 Å². The molecule has 0 unspecified atom stereocenters. The number of benzene rings is 2. The SMILES string of the molecule is Cc1ccc(C2=Nc3ccc4c5c(ccc(c35)[Se]2)N=C(c2ccc(C)o2)[Se]4)o1. The molecule has 2 aromatic carbocycles. The van der Waals surface area contributed by atoms with Gasteiger partial charge < -0.3 is 0 Å². The van der Waals surface area contributed by atoms with Crippen LogP contribution in [0.15, 0.2) is 67.4 Å². The number of nitrogens with zero attached hydrogens (tertiary/aromatic N) is 2. The Balaban J connectivity index is 1.53. The van der Waals surface area contributed by atoms with Crippen molar-refractivity contribution in [3.05, 3.63) is 71.6 Å². The third kappa shape index (κ3) is 2.50. The van der Waals surface area contributed by atoms with Crippen molar-refractivity contribution in [2.45, 2.75) is 13.8 Å². The molecule has 0 amide bonds. The first-order chi connectivity index (χ1) is 13.7. The predicted molar refractivity (Wildman–Crippen MR) is 114 cm³/mol. The molecule has 2 aromatic heterocycles. The summed E-state index contributed by atoms with van der Waals surface area (Å²) in [6.07, 6.45) is 0. The van der Waals surface area contributed by atoms with Gasteiger partial charge in [-0.3, -0.25) is 0 Å². The van der Waals surface area contributed by atoms with Crippen molar-refractivity contribution in [2.24, 2.45) is 9.98 Å². The van der Waals surface area contributed by atoms with Gasteiger partial charge in [0.1, 0.15) is 0 Å². The van der Waals surface area contributed by atoms with Gasteiger partial charge in [-0.1, -0.05) is 0 Å². The van der Waals surface area contributed by atoms with Crippen molar-refractivity contribution in [2.75, 3.05) is 0 Å². The second kappa shape index (κ2) is 6.07. The van der Waals surface area contributed by atoms with Crippen molar-refractivity contribution < 1.29 is 8.83 Å². The average Bonchev–Trinajstić information content (AvgIpc) is 3.34. The summed E-state index contributed by atoms with van der Waals surface area (Å²) in [5.74, 6) is 3.60. The fourth-order valence-corrected chi connectivity index (χ4v) is 7.76. The van der Waals surface area contributed by atoms with Gasteiger partial charge in [0.2, 0.25) is 0 Å². The van der Waals surface area contributed by atoms with E-state index in [-0.39, 0.29) is 29.9 Å². The third-order valence-electron chi connectivity index (χ3n) is 4.80. The standard InChI is InChI=1S/C22H14N2O2Se2/c1-11-3-7-15(25-11)21-23-13-5-10-18-20-14(6-9-17(27-21)19(13)20)24-22(28-18)16-8-4-12(2)26-16/h3-10H,1-2H3. The maximum atomic E-state index is 5.83. The summed E-state index contributed by atoms with van der Waals surface area (Å²) >= 11 is 0.229. The van der Waals surface area contributed by atoms with Crippen LogP contribution >= 0.6 is 0 Å². The van der Waals surface area contributed by atoms with Crippen LogP contribution < -0.4 is 8.92 Å². The van der Waals surface area contributed by atoms with Crippen LogP contribution in [0, 0.1) is 13.8 Å². The first kappa shape index (κ1) is 16.6. The van der Waals surface area contributed by atoms with Gasteiger partial charge in [-0.15, -0.1) is 0 Å². The van der Waals surface area contributed by atoms with E-state index in [1.807, 2.05) is 38.1 Å². The topological polar surface area (TPSA) is 51.0 Å². The zero-order chi connectivity index (χ0) is 18.8. The van der Waals surface area contributed by atoms with Gasteiger partial charge in [0, 0.05) is 0 Å². The predicted octanol–water partition coefficient (Wildman–Crippen LogP) is 3.49. The fraction of sp³-hybridized carbons (Fsp3) is 0.0909. The Morgan fingerprint density at radius 3 is 1.46 bits per heavy atom. The van der Waals surface area contributed by atoms with Gasteiger partial charge >= 0.3 is 174 Å². The molecule has 4 nitrogen and oxygen atoms in total. The average molecular weight is 496 g/mol. The molecule has 2 aliphatic rings. The van der Waals surface area contributed by atoms with E-state index in [0.29, 0.717) is 0 Å². The molecule has 0 saturated carbocycles. The monoisotopic (exact) mass is 498 g/mol. The molecular formula is C22H14N2O2Se2. The number of rotatable bonds is 2. The second-order valence-electron chi connectivity index (χ2n) is 6.77. The van der Waals surface area contributed by atoms with Gasteiger partial charge in [0.05, 0.1) is 0 Å². The van der Waals surface area contributed by atoms with E-state index < -0.39 is 0 Å². The number of hydrogen-bond acceptors (Lipinski definition) is 4. The van der Waals surface area contributed by atoms with Crippen molar-refractivity contribution in [3.8, 4) is 0 Å². The molecule has 2 aliphatic heterocycles. The van der Waals surface area contributed by atoms with E-state index in [1.54, 1.807) is 0 Å². The van der Waals surface area contributed by atoms with E-state index in [0.717, 1.165) is 43.6 Å². The summed E-state index contributed by atoms with van der Waals surface area (Å²) in [7, 11) is 0. The molecule has 4 aromatic rings. The minimum atomic E-state index is 0.115. The van der Waals surface area contributed by atoms with Crippen LogP contribution in [-0.2, 0) is 0 Å². The van der Waals surface area contributed by atoms with Crippen LogP contribution in [0.3, 0.4) is 0 Å². The van der Waals surface area contributed by atoms with Crippen LogP contribution in [-0.4, -0.2) is 39.1 Å². The Labute approximate surface area is 174 Å². The van der Waals surface area contributed by atoms with E-state index in [2.05, 4.69) is 24.3 Å². The molecule has 0 N–H and O–H groups in total. The molecule has 4 heterocycles. The van der Waals surface area contributed by atoms with Gasteiger partial charge in [-0.2, -0.15) is 0 Å². The number of furan rings is 2. The first-order valence-corrected chi connectivity index (χ1v) is 12.3. The Morgan fingerprint density at radius 1 is 0.607 bits per heavy atom. The summed E-state index contributed by atoms with van der Waals surface area (Å²) in [5, 5.41) is 2.53. The second-order valence-corrected chi connectivity index (χ2v) is 11.1. The molecule has 0 atom stereocenters. The summed E-state index contributed by atoms with van der Waals surface area (Å²) in [6.45, 7) is 3.94. The Kier molecular flexibility index (Phi) is 3.59. The molecule has 6 heteroatoms. The van der Waals surface area contributed by atoms with Crippen LogP contribution in [0.5, 0.6) is 0 Å². The summed E-state index contributed by atoms with van der Waals surface area (Å²) < 4.78 is 16.5. The van der Waals surface area contributed by atoms with Crippen molar-refractivity contribution in [1.29, 1.82) is 0 Å². The Morgan fingerprint density at radius 2 is 1.07 bits per heavy atom. The molecular weight excluding hydrogens is 482 g/mol. The normalized spacial score (nSPS) is 14.9. The van der Waals surface area contributed by atoms with Gasteiger partial charge in [0.15, 0.2) is 0 Å². The zero-order valence-corrected chi connectivity index (χ0v) is 18.6. The number of aryl methyl sites for hydroxylation is 2. The Hall–Kier alpha value is -2.36. The quantitative estimate of drug-likeness (QED) is 0.399. The molecule has 0 spiro atoms. The molecule has 0 saturated heterocycles. The minimum absolute atomic E-state index is 0.115. The fourth-order valence-electron chi connectivity index (χ4n) is 3.54. The van der Waals surface area contributed by atoms with E-state index >= 15 is 0 Å². The maximum absolute atomic E-state index is 5.83. The van der Waals surface area contributed by atoms with Gasteiger partial charge in [-0.25, -0.2) is 0 Å². The molecule has 136 valence electrons. The Bertz CT molecular complexity index is 1240. The van der Waals surface area contributed by atoms with Crippen molar-refractivity contribution >= 4 is 70.2 Å². The third-order valence-corrected chi connectivity index (χ3v) is 9.19. The van der Waals surface area contributed by atoms with E-state index in [9.17, 15) is 0 Å². The number of hydrogen-bond donors (Lipinski definition) is 0. The van der Waals surface area contributed by atoms with E-state index in [1.165, 1.54) is 19.7 Å². The van der Waals surface area contributed by atoms with Crippen LogP contribution in [0.2, 0.25) is 0 Å².